The molecule has 0 radical (unpaired) electrons. The Kier molecular flexibility index (Phi) is 6.88. The van der Waals surface area contributed by atoms with E-state index in [9.17, 15) is 9.59 Å². The number of fused-ring (bicyclic) bond motifs is 2. The molecule has 2 N–H and O–H groups in total. The molecule has 4 aromatic carbocycles. The van der Waals surface area contributed by atoms with Crippen molar-refractivity contribution in [2.45, 2.75) is 17.1 Å². The molecule has 0 fully saturated rings. The normalized spacial score (nSPS) is 11.8. The average Bonchev–Trinajstić information content (AvgIpc) is 3.29. The lowest BCUT2D eigenvalue weighted by Crippen LogP contribution is -2.22. The first-order valence-corrected chi connectivity index (χ1v) is 13.0. The molecule has 5 rings (SSSR count). The van der Waals surface area contributed by atoms with E-state index in [1.165, 1.54) is 23.1 Å². The number of hydrogen-bond donors (Lipinski definition) is 2. The minimum Gasteiger partial charge on any atom is -0.497 e. The fraction of sp³-hybridized carbons (Fsp3) is 0.107. The van der Waals surface area contributed by atoms with Crippen molar-refractivity contribution in [1.29, 1.82) is 0 Å². The van der Waals surface area contributed by atoms with E-state index in [2.05, 4.69) is 15.6 Å². The van der Waals surface area contributed by atoms with Crippen molar-refractivity contribution in [3.05, 3.63) is 90.5 Å². The first-order valence-electron chi connectivity index (χ1n) is 11.3. The highest BCUT2D eigenvalue weighted by Crippen LogP contribution is 2.31. The van der Waals surface area contributed by atoms with Gasteiger partial charge in [0.1, 0.15) is 5.75 Å². The van der Waals surface area contributed by atoms with Gasteiger partial charge in [-0.15, -0.1) is 11.8 Å². The number of methoxy groups -OCH3 is 1. The van der Waals surface area contributed by atoms with Gasteiger partial charge in [-0.3, -0.25) is 9.59 Å². The first kappa shape index (κ1) is 23.8. The third kappa shape index (κ3) is 5.35. The number of hydrogen-bond acceptors (Lipinski definition) is 6. The van der Waals surface area contributed by atoms with Crippen molar-refractivity contribution in [3.63, 3.8) is 0 Å². The summed E-state index contributed by atoms with van der Waals surface area (Å²) >= 11 is 2.82. The lowest BCUT2D eigenvalue weighted by molar-refractivity contribution is -0.115. The Hall–Kier alpha value is -3.88. The molecule has 0 spiro atoms. The van der Waals surface area contributed by atoms with Gasteiger partial charge in [0, 0.05) is 16.1 Å². The van der Waals surface area contributed by atoms with Crippen LogP contribution in [-0.4, -0.2) is 29.2 Å². The second-order valence-electron chi connectivity index (χ2n) is 8.15. The smallest absolute Gasteiger partial charge is 0.255 e. The monoisotopic (exact) mass is 513 g/mol. The van der Waals surface area contributed by atoms with Crippen molar-refractivity contribution in [2.24, 2.45) is 0 Å². The number of rotatable bonds is 7. The second-order valence-corrected chi connectivity index (χ2v) is 10.6. The molecule has 5 aromatic rings. The summed E-state index contributed by atoms with van der Waals surface area (Å²) in [7, 11) is 1.62. The number of aromatic nitrogens is 1. The van der Waals surface area contributed by atoms with Gasteiger partial charge in [0.05, 0.1) is 22.6 Å². The molecule has 1 atom stereocenters. The van der Waals surface area contributed by atoms with E-state index in [-0.39, 0.29) is 17.1 Å². The summed E-state index contributed by atoms with van der Waals surface area (Å²) in [5.74, 6) is 0.429. The molecule has 0 bridgehead atoms. The van der Waals surface area contributed by atoms with Crippen LogP contribution in [-0.2, 0) is 4.79 Å². The van der Waals surface area contributed by atoms with Crippen LogP contribution in [0.5, 0.6) is 5.75 Å². The predicted octanol–water partition coefficient (Wildman–Crippen LogP) is 6.83. The van der Waals surface area contributed by atoms with E-state index < -0.39 is 0 Å². The first-order chi connectivity index (χ1) is 17.5. The molecule has 0 saturated carbocycles. The number of nitrogens with one attached hydrogen (secondary N) is 2. The van der Waals surface area contributed by atoms with Crippen LogP contribution in [0, 0.1) is 0 Å². The Morgan fingerprint density at radius 2 is 1.75 bits per heavy atom. The Labute approximate surface area is 216 Å². The maximum absolute atomic E-state index is 12.8. The summed E-state index contributed by atoms with van der Waals surface area (Å²) in [6.07, 6.45) is 0. The topological polar surface area (TPSA) is 80.3 Å². The number of thiazole rings is 1. The van der Waals surface area contributed by atoms with Crippen LogP contribution < -0.4 is 15.4 Å². The van der Waals surface area contributed by atoms with E-state index >= 15 is 0 Å². The molecule has 2 amide bonds. The van der Waals surface area contributed by atoms with Crippen molar-refractivity contribution in [2.75, 3.05) is 17.7 Å². The van der Waals surface area contributed by atoms with Crippen LogP contribution in [0.1, 0.15) is 17.3 Å². The summed E-state index contributed by atoms with van der Waals surface area (Å²) in [4.78, 5) is 31.0. The molecular formula is C28H23N3O3S2. The number of carbonyl (C=O) groups is 2. The SMILES string of the molecule is COc1ccc2nc(NC(=O)C(C)Sc3cccc(NC(=O)c4ccc5ccccc5c4)c3)sc2c1. The zero-order valence-electron chi connectivity index (χ0n) is 19.6. The van der Waals surface area contributed by atoms with Gasteiger partial charge in [-0.1, -0.05) is 47.7 Å². The number of anilines is 2. The van der Waals surface area contributed by atoms with Gasteiger partial charge < -0.3 is 15.4 Å². The molecule has 0 saturated heterocycles. The van der Waals surface area contributed by atoms with Crippen LogP contribution >= 0.6 is 23.1 Å². The molecule has 1 heterocycles. The van der Waals surface area contributed by atoms with Crippen LogP contribution in [0.3, 0.4) is 0 Å². The summed E-state index contributed by atoms with van der Waals surface area (Å²) in [5, 5.41) is 8.16. The Morgan fingerprint density at radius 1 is 0.917 bits per heavy atom. The van der Waals surface area contributed by atoms with E-state index in [0.717, 1.165) is 31.6 Å². The van der Waals surface area contributed by atoms with Gasteiger partial charge in [0.15, 0.2) is 5.13 Å². The lowest BCUT2D eigenvalue weighted by Gasteiger charge is -2.12. The summed E-state index contributed by atoms with van der Waals surface area (Å²) in [6.45, 7) is 1.84. The third-order valence-corrected chi connectivity index (χ3v) is 7.64. The van der Waals surface area contributed by atoms with Gasteiger partial charge >= 0.3 is 0 Å². The molecule has 0 aliphatic rings. The molecule has 0 aliphatic carbocycles. The van der Waals surface area contributed by atoms with Crippen molar-refractivity contribution in [3.8, 4) is 5.75 Å². The molecule has 36 heavy (non-hydrogen) atoms. The maximum Gasteiger partial charge on any atom is 0.255 e. The fourth-order valence-corrected chi connectivity index (χ4v) is 5.55. The zero-order valence-corrected chi connectivity index (χ0v) is 21.3. The lowest BCUT2D eigenvalue weighted by atomic mass is 10.1. The molecule has 0 aliphatic heterocycles. The highest BCUT2D eigenvalue weighted by Gasteiger charge is 2.17. The number of nitrogens with zero attached hydrogens (tertiary/aromatic N) is 1. The van der Waals surface area contributed by atoms with Crippen molar-refractivity contribution < 1.29 is 14.3 Å². The highest BCUT2D eigenvalue weighted by molar-refractivity contribution is 8.00. The quantitative estimate of drug-likeness (QED) is 0.233. The number of benzene rings is 4. The van der Waals surface area contributed by atoms with Gasteiger partial charge in [0.2, 0.25) is 5.91 Å². The number of carbonyl (C=O) groups excluding carboxylic acids is 2. The predicted molar refractivity (Wildman–Crippen MR) is 148 cm³/mol. The number of ether oxygens (including phenoxy) is 1. The Bertz CT molecular complexity index is 1580. The van der Waals surface area contributed by atoms with Crippen molar-refractivity contribution in [1.82, 2.24) is 4.98 Å². The van der Waals surface area contributed by atoms with E-state index in [0.29, 0.717) is 16.4 Å². The summed E-state index contributed by atoms with van der Waals surface area (Å²) in [6, 6.07) is 26.7. The highest BCUT2D eigenvalue weighted by atomic mass is 32.2. The van der Waals surface area contributed by atoms with Crippen LogP contribution in [0.25, 0.3) is 21.0 Å². The standard InChI is InChI=1S/C28H23N3O3S2/c1-17(26(32)31-28-30-24-13-12-22(34-2)16-25(24)36-28)35-23-9-5-8-21(15-23)29-27(33)20-11-10-18-6-3-4-7-19(18)14-20/h3-17H,1-2H3,(H,29,33)(H,30,31,32). The minimum absolute atomic E-state index is 0.142. The number of amides is 2. The molecule has 8 heteroatoms. The molecular weight excluding hydrogens is 490 g/mol. The molecule has 180 valence electrons. The largest absolute Gasteiger partial charge is 0.497 e. The molecule has 1 aromatic heterocycles. The van der Waals surface area contributed by atoms with Crippen LogP contribution in [0.2, 0.25) is 0 Å². The van der Waals surface area contributed by atoms with Crippen LogP contribution in [0.15, 0.2) is 89.8 Å². The van der Waals surface area contributed by atoms with Gasteiger partial charge in [-0.2, -0.15) is 0 Å². The molecule has 6 nitrogen and oxygen atoms in total. The van der Waals surface area contributed by atoms with Crippen LogP contribution in [0.4, 0.5) is 10.8 Å². The van der Waals surface area contributed by atoms with E-state index in [1.807, 2.05) is 91.9 Å². The van der Waals surface area contributed by atoms with Gasteiger partial charge in [0.25, 0.3) is 5.91 Å². The van der Waals surface area contributed by atoms with Gasteiger partial charge in [-0.25, -0.2) is 4.98 Å². The minimum atomic E-state index is -0.363. The third-order valence-electron chi connectivity index (χ3n) is 5.61. The maximum atomic E-state index is 12.8. The Morgan fingerprint density at radius 3 is 2.58 bits per heavy atom. The van der Waals surface area contributed by atoms with Gasteiger partial charge in [-0.05, 0) is 66.2 Å². The van der Waals surface area contributed by atoms with E-state index in [4.69, 9.17) is 4.74 Å². The fourth-order valence-electron chi connectivity index (χ4n) is 3.73. The zero-order chi connectivity index (χ0) is 25.1. The van der Waals surface area contributed by atoms with E-state index in [1.54, 1.807) is 7.11 Å². The Balaban J connectivity index is 1.23. The summed E-state index contributed by atoms with van der Waals surface area (Å²) in [5.41, 5.74) is 2.07. The summed E-state index contributed by atoms with van der Waals surface area (Å²) < 4.78 is 6.20. The second kappa shape index (κ2) is 10.4. The number of thioether (sulfide) groups is 1. The molecule has 1 unspecified atom stereocenters. The van der Waals surface area contributed by atoms with Crippen molar-refractivity contribution >= 4 is 66.7 Å². The average molecular weight is 514 g/mol.